The van der Waals surface area contributed by atoms with Crippen LogP contribution in [0.1, 0.15) is 38.3 Å². The van der Waals surface area contributed by atoms with Crippen LogP contribution in [0.15, 0.2) is 86.0 Å². The molecule has 2 aromatic carbocycles. The molecule has 0 amide bonds. The molecule has 0 heterocycles. The zero-order valence-electron chi connectivity index (χ0n) is 23.7. The molecule has 2 rings (SSSR count). The zero-order valence-corrected chi connectivity index (χ0v) is 24.7. The van der Waals surface area contributed by atoms with Crippen LogP contribution in [0.4, 0.5) is 0 Å². The van der Waals surface area contributed by atoms with Crippen molar-refractivity contribution in [2.75, 3.05) is 39.5 Å². The highest BCUT2D eigenvalue weighted by atomic mass is 28.4. The first-order valence-corrected chi connectivity index (χ1v) is 15.9. The third-order valence-corrected chi connectivity index (χ3v) is 9.50. The molecule has 0 aromatic heterocycles. The molecule has 210 valence electrons. The lowest BCUT2D eigenvalue weighted by Gasteiger charge is -2.32. The van der Waals surface area contributed by atoms with Gasteiger partial charge in [0.05, 0.1) is 0 Å². The van der Waals surface area contributed by atoms with Crippen molar-refractivity contribution < 1.29 is 13.3 Å². The van der Waals surface area contributed by atoms with Gasteiger partial charge < -0.3 is 23.9 Å². The van der Waals surface area contributed by atoms with E-state index in [0.29, 0.717) is 19.8 Å². The summed E-state index contributed by atoms with van der Waals surface area (Å²) in [6.07, 6.45) is 4.95. The number of rotatable bonds is 22. The molecule has 0 fully saturated rings. The molecule has 2 atom stereocenters. The molecule has 38 heavy (non-hydrogen) atoms. The van der Waals surface area contributed by atoms with Crippen LogP contribution in [-0.2, 0) is 26.4 Å². The van der Waals surface area contributed by atoms with E-state index in [-0.39, 0.29) is 12.1 Å². The Kier molecular flexibility index (Phi) is 16.1. The van der Waals surface area contributed by atoms with Crippen LogP contribution < -0.4 is 10.6 Å². The second-order valence-corrected chi connectivity index (χ2v) is 12.0. The molecule has 0 aliphatic heterocycles. The van der Waals surface area contributed by atoms with E-state index >= 15 is 0 Å². The average molecular weight is 540 g/mol. The maximum Gasteiger partial charge on any atom is 0.500 e. The molecule has 0 bridgehead atoms. The van der Waals surface area contributed by atoms with Gasteiger partial charge in [0.25, 0.3) is 0 Å². The van der Waals surface area contributed by atoms with Crippen molar-refractivity contribution in [3.8, 4) is 0 Å². The van der Waals surface area contributed by atoms with Gasteiger partial charge >= 0.3 is 8.80 Å². The van der Waals surface area contributed by atoms with Crippen molar-refractivity contribution >= 4 is 8.80 Å². The Morgan fingerprint density at radius 2 is 1.16 bits per heavy atom. The number of nitrogens with zero attached hydrogens (tertiary/aromatic N) is 1. The van der Waals surface area contributed by atoms with Gasteiger partial charge in [-0.2, -0.15) is 0 Å². The summed E-state index contributed by atoms with van der Waals surface area (Å²) in [6, 6.07) is 22.1. The summed E-state index contributed by atoms with van der Waals surface area (Å²) in [5, 5.41) is 7.32. The summed E-state index contributed by atoms with van der Waals surface area (Å²) in [5.41, 5.74) is 2.53. The first-order chi connectivity index (χ1) is 18.6. The van der Waals surface area contributed by atoms with E-state index in [1.54, 1.807) is 0 Å². The Bertz CT molecular complexity index is 810. The largest absolute Gasteiger partial charge is 0.500 e. The number of nitrogens with one attached hydrogen (secondary N) is 2. The average Bonchev–Trinajstić information content (AvgIpc) is 2.94. The molecule has 0 aliphatic carbocycles. The zero-order chi connectivity index (χ0) is 27.5. The number of benzene rings is 2. The minimum absolute atomic E-state index is 0.155. The van der Waals surface area contributed by atoms with E-state index < -0.39 is 8.80 Å². The van der Waals surface area contributed by atoms with Crippen LogP contribution in [0.5, 0.6) is 0 Å². The lowest BCUT2D eigenvalue weighted by atomic mass is 10.1. The van der Waals surface area contributed by atoms with Gasteiger partial charge in [-0.15, -0.1) is 13.2 Å². The monoisotopic (exact) mass is 539 g/mol. The maximum atomic E-state index is 6.09. The van der Waals surface area contributed by atoms with Crippen LogP contribution in [0.3, 0.4) is 0 Å². The van der Waals surface area contributed by atoms with Gasteiger partial charge in [0.15, 0.2) is 0 Å². The van der Waals surface area contributed by atoms with Crippen molar-refractivity contribution in [2.45, 2.75) is 58.4 Å². The van der Waals surface area contributed by atoms with E-state index in [1.165, 1.54) is 11.1 Å². The highest BCUT2D eigenvalue weighted by molar-refractivity contribution is 6.60. The van der Waals surface area contributed by atoms with Gasteiger partial charge in [-0.05, 0) is 44.9 Å². The second kappa shape index (κ2) is 19.0. The lowest BCUT2D eigenvalue weighted by Crippen LogP contribution is -2.48. The van der Waals surface area contributed by atoms with Gasteiger partial charge in [-0.25, -0.2) is 0 Å². The molecule has 0 radical (unpaired) electrons. The summed E-state index contributed by atoms with van der Waals surface area (Å²) in [7, 11) is -2.68. The Labute approximate surface area is 232 Å². The van der Waals surface area contributed by atoms with E-state index in [9.17, 15) is 0 Å². The predicted octanol–water partition coefficient (Wildman–Crippen LogP) is 5.42. The fourth-order valence-corrected chi connectivity index (χ4v) is 7.06. The highest BCUT2D eigenvalue weighted by Crippen LogP contribution is 2.19. The second-order valence-electron chi connectivity index (χ2n) is 9.26. The predicted molar refractivity (Wildman–Crippen MR) is 161 cm³/mol. The van der Waals surface area contributed by atoms with Crippen molar-refractivity contribution in [1.29, 1.82) is 0 Å². The fourth-order valence-electron chi connectivity index (χ4n) is 4.47. The molecule has 0 saturated heterocycles. The maximum absolute atomic E-state index is 6.09. The van der Waals surface area contributed by atoms with E-state index in [2.05, 4.69) is 77.2 Å². The van der Waals surface area contributed by atoms with Crippen molar-refractivity contribution in [1.82, 2.24) is 15.5 Å². The first kappa shape index (κ1) is 32.1. The summed E-state index contributed by atoms with van der Waals surface area (Å²) in [4.78, 5) is 2.48. The van der Waals surface area contributed by atoms with E-state index in [0.717, 1.165) is 45.2 Å². The Balaban J connectivity index is 2.06. The van der Waals surface area contributed by atoms with Gasteiger partial charge in [0, 0.05) is 64.1 Å². The topological polar surface area (TPSA) is 55.0 Å². The van der Waals surface area contributed by atoms with Crippen molar-refractivity contribution in [3.05, 3.63) is 97.1 Å². The van der Waals surface area contributed by atoms with Crippen LogP contribution in [-0.4, -0.2) is 65.2 Å². The van der Waals surface area contributed by atoms with Crippen LogP contribution in [0, 0.1) is 0 Å². The number of hydrogen-bond donors (Lipinski definition) is 2. The minimum Gasteiger partial charge on any atom is -0.374 e. The lowest BCUT2D eigenvalue weighted by molar-refractivity contribution is 0.0698. The molecule has 0 spiro atoms. The molecule has 2 aromatic rings. The smallest absolute Gasteiger partial charge is 0.374 e. The summed E-state index contributed by atoms with van der Waals surface area (Å²) in [5.74, 6) is 0. The molecule has 2 unspecified atom stereocenters. The third-order valence-electron chi connectivity index (χ3n) is 6.35. The Morgan fingerprint density at radius 3 is 1.53 bits per heavy atom. The highest BCUT2D eigenvalue weighted by Gasteiger charge is 2.39. The standard InChI is InChI=1S/C31H49N3O3Si/c1-6-30(32-24-28-18-13-11-14-19-28)26-34(22-17-23-38(35-8-3,36-9-4)37-10-5)27-31(7-2)33-25-29-20-15-12-16-21-29/h6-7,11-16,18-21,30-33H,1-2,8-10,17,22-27H2,3-5H3. The molecular weight excluding hydrogens is 490 g/mol. The molecule has 0 aliphatic rings. The summed E-state index contributed by atoms with van der Waals surface area (Å²) >= 11 is 0. The summed E-state index contributed by atoms with van der Waals surface area (Å²) < 4.78 is 18.3. The van der Waals surface area contributed by atoms with Gasteiger partial charge in [-0.1, -0.05) is 72.8 Å². The molecule has 2 N–H and O–H groups in total. The van der Waals surface area contributed by atoms with E-state index in [4.69, 9.17) is 13.3 Å². The normalized spacial score (nSPS) is 13.4. The van der Waals surface area contributed by atoms with Crippen LogP contribution in [0.25, 0.3) is 0 Å². The third kappa shape index (κ3) is 12.2. The van der Waals surface area contributed by atoms with E-state index in [1.807, 2.05) is 45.1 Å². The van der Waals surface area contributed by atoms with Gasteiger partial charge in [0.1, 0.15) is 0 Å². The minimum atomic E-state index is -2.68. The first-order valence-electron chi connectivity index (χ1n) is 14.0. The molecular formula is C31H49N3O3Si. The molecule has 0 saturated carbocycles. The SMILES string of the molecule is C=CC(CN(CCC[Si](OCC)(OCC)OCC)CC(C=C)NCc1ccccc1)NCc1ccccc1. The van der Waals surface area contributed by atoms with Gasteiger partial charge in [-0.3, -0.25) is 4.90 Å². The molecule has 7 heteroatoms. The quantitative estimate of drug-likeness (QED) is 0.154. The summed E-state index contributed by atoms with van der Waals surface area (Å²) in [6.45, 7) is 20.2. The van der Waals surface area contributed by atoms with Crippen molar-refractivity contribution in [2.24, 2.45) is 0 Å². The fraction of sp³-hybridized carbons (Fsp3) is 0.484. The van der Waals surface area contributed by atoms with Crippen LogP contribution >= 0.6 is 0 Å². The van der Waals surface area contributed by atoms with Gasteiger partial charge in [0.2, 0.25) is 0 Å². The molecule has 6 nitrogen and oxygen atoms in total. The Morgan fingerprint density at radius 1 is 0.737 bits per heavy atom. The van der Waals surface area contributed by atoms with Crippen molar-refractivity contribution in [3.63, 3.8) is 0 Å². The number of hydrogen-bond acceptors (Lipinski definition) is 6. The Hall–Kier alpha value is -2.10. The van der Waals surface area contributed by atoms with Crippen LogP contribution in [0.2, 0.25) is 6.04 Å².